The number of hydrogen-bond acceptors (Lipinski definition) is 8. The van der Waals surface area contributed by atoms with Gasteiger partial charge in [-0.15, -0.1) is 0 Å². The van der Waals surface area contributed by atoms with Gasteiger partial charge in [-0.3, -0.25) is 14.2 Å². The molecule has 6 N–H and O–H groups in total. The molecule has 0 bridgehead atoms. The molecule has 3 heterocycles. The summed E-state index contributed by atoms with van der Waals surface area (Å²) >= 11 is 0. The zero-order valence-corrected chi connectivity index (χ0v) is 30.3. The lowest BCUT2D eigenvalue weighted by Gasteiger charge is -2.40. The molecule has 0 unspecified atom stereocenters. The SMILES string of the molecule is Nc1ccccc1NC(=O)CCCC(=O)NCc1ccc([C@H]2O[C@@H](CN3CCC(n4c(=O)[nH]c5ccccc54)CC3)C[C@@H](c3ccc(CO)cc3)O2)cc1. The molecule has 0 aliphatic carbocycles. The van der Waals surface area contributed by atoms with Gasteiger partial charge in [0.05, 0.1) is 41.2 Å². The molecule has 54 heavy (non-hydrogen) atoms. The van der Waals surface area contributed by atoms with E-state index in [1.54, 1.807) is 24.3 Å². The normalized spacial score (nSPS) is 19.5. The Morgan fingerprint density at radius 3 is 2.28 bits per heavy atom. The van der Waals surface area contributed by atoms with Crippen LogP contribution >= 0.6 is 0 Å². The number of piperidine rings is 1. The third-order valence-electron chi connectivity index (χ3n) is 10.4. The minimum atomic E-state index is -0.588. The van der Waals surface area contributed by atoms with E-state index in [0.717, 1.165) is 65.8 Å². The summed E-state index contributed by atoms with van der Waals surface area (Å²) in [4.78, 5) is 43.1. The minimum absolute atomic E-state index is 0.0184. The van der Waals surface area contributed by atoms with Crippen LogP contribution < -0.4 is 22.1 Å². The number of benzene rings is 4. The van der Waals surface area contributed by atoms with E-state index >= 15 is 0 Å². The van der Waals surface area contributed by atoms with Crippen LogP contribution in [0.2, 0.25) is 0 Å². The zero-order chi connectivity index (χ0) is 37.4. The number of nitrogens with zero attached hydrogens (tertiary/aromatic N) is 2. The molecule has 282 valence electrons. The molecule has 2 amide bonds. The molecule has 0 spiro atoms. The summed E-state index contributed by atoms with van der Waals surface area (Å²) in [6.45, 7) is 2.80. The number of para-hydroxylation sites is 4. The number of nitrogens with two attached hydrogens (primary N) is 1. The number of aliphatic hydroxyl groups is 1. The maximum atomic E-state index is 12.8. The number of H-pyrrole nitrogens is 1. The molecule has 0 saturated carbocycles. The van der Waals surface area contributed by atoms with Crippen molar-refractivity contribution in [1.29, 1.82) is 0 Å². The van der Waals surface area contributed by atoms with E-state index in [9.17, 15) is 19.5 Å². The standard InChI is InChI=1S/C42H48N6O6/c43-34-6-1-2-7-35(34)45-40(51)11-5-10-39(50)44-25-28-12-18-31(19-13-28)41-53-33(24-38(54-41)30-16-14-29(27-49)15-17-30)26-47-22-20-32(21-23-47)48-37-9-4-3-8-36(37)46-42(48)52/h1-4,6-9,12-19,32-33,38,41,49H,5,10-11,20-27,43H2,(H,44,50)(H,45,51)(H,46,52)/t33-,38+,41+/m1/s1. The van der Waals surface area contributed by atoms with E-state index in [1.165, 1.54) is 0 Å². The van der Waals surface area contributed by atoms with Crippen molar-refractivity contribution in [1.82, 2.24) is 19.8 Å². The van der Waals surface area contributed by atoms with Gasteiger partial charge in [0.25, 0.3) is 0 Å². The summed E-state index contributed by atoms with van der Waals surface area (Å²) < 4.78 is 15.1. The van der Waals surface area contributed by atoms with Crippen molar-refractivity contribution in [3.8, 4) is 0 Å². The number of carbonyl (C=O) groups excluding carboxylic acids is 2. The van der Waals surface area contributed by atoms with Crippen LogP contribution in [0.4, 0.5) is 11.4 Å². The maximum absolute atomic E-state index is 12.8. The molecule has 12 nitrogen and oxygen atoms in total. The van der Waals surface area contributed by atoms with Crippen molar-refractivity contribution in [2.45, 2.75) is 76.2 Å². The van der Waals surface area contributed by atoms with Crippen LogP contribution in [0.15, 0.2) is 102 Å². The fraction of sp³-hybridized carbons (Fsp3) is 0.357. The highest BCUT2D eigenvalue weighted by Gasteiger charge is 2.34. The fourth-order valence-corrected chi connectivity index (χ4v) is 7.43. The Labute approximate surface area is 314 Å². The monoisotopic (exact) mass is 732 g/mol. The van der Waals surface area contributed by atoms with Gasteiger partial charge in [0, 0.05) is 57.0 Å². The predicted molar refractivity (Wildman–Crippen MR) is 207 cm³/mol. The van der Waals surface area contributed by atoms with Crippen molar-refractivity contribution < 1.29 is 24.2 Å². The first-order valence-electron chi connectivity index (χ1n) is 18.7. The Balaban J connectivity index is 0.934. The molecular weight excluding hydrogens is 684 g/mol. The summed E-state index contributed by atoms with van der Waals surface area (Å²) in [7, 11) is 0. The van der Waals surface area contributed by atoms with Crippen LogP contribution in [0.25, 0.3) is 11.0 Å². The zero-order valence-electron chi connectivity index (χ0n) is 30.3. The van der Waals surface area contributed by atoms with E-state index in [4.69, 9.17) is 15.2 Å². The number of carbonyl (C=O) groups is 2. The Hall–Kier alpha value is -5.27. The van der Waals surface area contributed by atoms with Crippen LogP contribution in [0.1, 0.15) is 79.2 Å². The smallest absolute Gasteiger partial charge is 0.326 e. The van der Waals surface area contributed by atoms with E-state index < -0.39 is 6.29 Å². The van der Waals surface area contributed by atoms with Gasteiger partial charge in [0.15, 0.2) is 6.29 Å². The summed E-state index contributed by atoms with van der Waals surface area (Å²) in [5.74, 6) is -0.306. The first kappa shape index (κ1) is 37.1. The van der Waals surface area contributed by atoms with Crippen molar-refractivity contribution >= 4 is 34.2 Å². The molecule has 0 radical (unpaired) electrons. The molecule has 4 aromatic carbocycles. The number of imidazole rings is 1. The number of nitrogens with one attached hydrogen (secondary N) is 3. The first-order chi connectivity index (χ1) is 26.3. The second kappa shape index (κ2) is 17.3. The van der Waals surface area contributed by atoms with Crippen molar-refractivity contribution in [3.05, 3.63) is 130 Å². The lowest BCUT2D eigenvalue weighted by Crippen LogP contribution is -2.43. The highest BCUT2D eigenvalue weighted by Crippen LogP contribution is 2.39. The van der Waals surface area contributed by atoms with Gasteiger partial charge in [0.2, 0.25) is 11.8 Å². The van der Waals surface area contributed by atoms with Gasteiger partial charge in [-0.05, 0) is 60.2 Å². The van der Waals surface area contributed by atoms with Crippen molar-refractivity contribution in [3.63, 3.8) is 0 Å². The lowest BCUT2D eigenvalue weighted by atomic mass is 9.98. The summed E-state index contributed by atoms with van der Waals surface area (Å²) in [5, 5.41) is 15.3. The summed E-state index contributed by atoms with van der Waals surface area (Å²) in [6.07, 6.45) is 2.43. The Kier molecular flexibility index (Phi) is 11.8. The molecule has 2 aliphatic heterocycles. The van der Waals surface area contributed by atoms with Crippen molar-refractivity contribution in [2.75, 3.05) is 30.7 Å². The van der Waals surface area contributed by atoms with Crippen LogP contribution in [0.5, 0.6) is 0 Å². The first-order valence-corrected chi connectivity index (χ1v) is 18.7. The lowest BCUT2D eigenvalue weighted by molar-refractivity contribution is -0.253. The molecule has 2 saturated heterocycles. The predicted octanol–water partition coefficient (Wildman–Crippen LogP) is 5.71. The molecule has 2 aliphatic rings. The second-order valence-corrected chi connectivity index (χ2v) is 14.2. The van der Waals surface area contributed by atoms with Gasteiger partial charge in [-0.1, -0.05) is 72.8 Å². The van der Waals surface area contributed by atoms with Gasteiger partial charge < -0.3 is 40.8 Å². The number of aromatic nitrogens is 2. The number of nitrogen functional groups attached to an aromatic ring is 1. The molecule has 5 aromatic rings. The third kappa shape index (κ3) is 9.08. The number of ether oxygens (including phenoxy) is 2. The molecular formula is C42H48N6O6. The largest absolute Gasteiger partial charge is 0.397 e. The molecule has 7 rings (SSSR count). The summed E-state index contributed by atoms with van der Waals surface area (Å²) in [5.41, 5.74) is 12.4. The maximum Gasteiger partial charge on any atom is 0.326 e. The molecule has 1 aromatic heterocycles. The number of anilines is 2. The van der Waals surface area contributed by atoms with Crippen LogP contribution in [-0.4, -0.2) is 57.1 Å². The number of aromatic amines is 1. The molecule has 3 atom stereocenters. The van der Waals surface area contributed by atoms with Crippen molar-refractivity contribution in [2.24, 2.45) is 0 Å². The fourth-order valence-electron chi connectivity index (χ4n) is 7.43. The average Bonchev–Trinajstić information content (AvgIpc) is 3.54. The summed E-state index contributed by atoms with van der Waals surface area (Å²) in [6, 6.07) is 30.8. The van der Waals surface area contributed by atoms with Gasteiger partial charge in [-0.25, -0.2) is 4.79 Å². The van der Waals surface area contributed by atoms with Gasteiger partial charge in [0.1, 0.15) is 0 Å². The Morgan fingerprint density at radius 1 is 0.833 bits per heavy atom. The average molecular weight is 733 g/mol. The number of hydrogen-bond donors (Lipinski definition) is 5. The van der Waals surface area contributed by atoms with E-state index in [2.05, 4.69) is 20.5 Å². The third-order valence-corrected chi connectivity index (χ3v) is 10.4. The topological polar surface area (TPSA) is 164 Å². The molecule has 12 heteroatoms. The second-order valence-electron chi connectivity index (χ2n) is 14.2. The highest BCUT2D eigenvalue weighted by atomic mass is 16.7. The number of aliphatic hydroxyl groups excluding tert-OH is 1. The molecule has 2 fully saturated rings. The Bertz CT molecular complexity index is 2090. The number of amides is 2. The van der Waals surface area contributed by atoms with Crippen LogP contribution in [0.3, 0.4) is 0 Å². The van der Waals surface area contributed by atoms with E-state index in [1.807, 2.05) is 77.4 Å². The minimum Gasteiger partial charge on any atom is -0.397 e. The van der Waals surface area contributed by atoms with Crippen LogP contribution in [0, 0.1) is 0 Å². The number of fused-ring (bicyclic) bond motifs is 1. The Morgan fingerprint density at radius 2 is 1.52 bits per heavy atom. The van der Waals surface area contributed by atoms with Crippen LogP contribution in [-0.2, 0) is 32.2 Å². The highest BCUT2D eigenvalue weighted by molar-refractivity contribution is 5.94. The number of likely N-dealkylation sites (tertiary alicyclic amines) is 1. The quantitative estimate of drug-likeness (QED) is 0.0962. The number of rotatable bonds is 13. The van der Waals surface area contributed by atoms with E-state index in [-0.39, 0.29) is 55.2 Å². The van der Waals surface area contributed by atoms with E-state index in [0.29, 0.717) is 30.8 Å². The van der Waals surface area contributed by atoms with Gasteiger partial charge in [-0.2, -0.15) is 0 Å². The van der Waals surface area contributed by atoms with Gasteiger partial charge >= 0.3 is 5.69 Å².